The molecular formula is C21H26N2O2. The fourth-order valence-electron chi connectivity index (χ4n) is 2.92. The Balaban J connectivity index is 2.25. The van der Waals surface area contributed by atoms with E-state index in [4.69, 9.17) is 0 Å². The van der Waals surface area contributed by atoms with E-state index in [2.05, 4.69) is 12.2 Å². The van der Waals surface area contributed by atoms with Gasteiger partial charge in [0, 0.05) is 18.3 Å². The van der Waals surface area contributed by atoms with Crippen LogP contribution < -0.4 is 10.2 Å². The molecule has 2 rings (SSSR count). The molecule has 0 unspecified atom stereocenters. The third-order valence-electron chi connectivity index (χ3n) is 4.55. The zero-order valence-electron chi connectivity index (χ0n) is 15.6. The zero-order valence-corrected chi connectivity index (χ0v) is 15.6. The molecule has 0 fully saturated rings. The maximum atomic E-state index is 12.6. The van der Waals surface area contributed by atoms with Crippen molar-refractivity contribution < 1.29 is 9.59 Å². The Morgan fingerprint density at radius 1 is 1.00 bits per heavy atom. The minimum absolute atomic E-state index is 0.00286. The van der Waals surface area contributed by atoms with E-state index in [0.717, 1.165) is 40.0 Å². The Hall–Kier alpha value is -2.62. The summed E-state index contributed by atoms with van der Waals surface area (Å²) >= 11 is 0. The fourth-order valence-corrected chi connectivity index (χ4v) is 2.92. The van der Waals surface area contributed by atoms with Gasteiger partial charge in [0.05, 0.1) is 0 Å². The summed E-state index contributed by atoms with van der Waals surface area (Å²) in [6, 6.07) is 11.8. The van der Waals surface area contributed by atoms with Crippen LogP contribution in [0.5, 0.6) is 0 Å². The molecule has 0 aliphatic heterocycles. The van der Waals surface area contributed by atoms with Crippen molar-refractivity contribution in [1.82, 2.24) is 0 Å². The molecule has 0 atom stereocenters. The fraction of sp³-hybridized carbons (Fsp3) is 0.333. The van der Waals surface area contributed by atoms with Crippen LogP contribution >= 0.6 is 0 Å². The van der Waals surface area contributed by atoms with Gasteiger partial charge in [-0.3, -0.25) is 9.59 Å². The Morgan fingerprint density at radius 3 is 2.28 bits per heavy atom. The average molecular weight is 338 g/mol. The number of rotatable bonds is 5. The third kappa shape index (κ3) is 4.27. The van der Waals surface area contributed by atoms with E-state index in [1.807, 2.05) is 57.2 Å². The molecule has 0 saturated carbocycles. The smallest absolute Gasteiger partial charge is 0.244 e. The van der Waals surface area contributed by atoms with Crippen molar-refractivity contribution in [2.75, 3.05) is 16.8 Å². The average Bonchev–Trinajstić information content (AvgIpc) is 2.57. The second kappa shape index (κ2) is 7.97. The molecular weight excluding hydrogens is 312 g/mol. The van der Waals surface area contributed by atoms with E-state index in [1.54, 1.807) is 0 Å². The molecule has 4 heteroatoms. The van der Waals surface area contributed by atoms with Crippen molar-refractivity contribution in [2.24, 2.45) is 0 Å². The Bertz CT molecular complexity index is 796. The van der Waals surface area contributed by atoms with Gasteiger partial charge < -0.3 is 10.2 Å². The normalized spacial score (nSPS) is 10.4. The highest BCUT2D eigenvalue weighted by atomic mass is 16.2. The molecule has 0 radical (unpaired) electrons. The molecule has 0 spiro atoms. The number of anilines is 2. The predicted octanol–water partition coefficient (Wildman–Crippen LogP) is 4.17. The standard InChI is InChI=1S/C21H26N2O2/c1-6-18-11-7-10-15(3)21(18)22-20(25)13-23(17(5)24)19-12-8-9-14(2)16(19)4/h7-12H,6,13H2,1-5H3,(H,22,25). The van der Waals surface area contributed by atoms with Gasteiger partial charge in [0.15, 0.2) is 0 Å². The molecule has 0 saturated heterocycles. The van der Waals surface area contributed by atoms with Crippen LogP contribution in [0.3, 0.4) is 0 Å². The van der Waals surface area contributed by atoms with Crippen LogP contribution in [0.2, 0.25) is 0 Å². The number of aryl methyl sites for hydroxylation is 3. The van der Waals surface area contributed by atoms with Gasteiger partial charge in [-0.05, 0) is 55.5 Å². The zero-order chi connectivity index (χ0) is 18.6. The number of nitrogens with one attached hydrogen (secondary N) is 1. The number of hydrogen-bond donors (Lipinski definition) is 1. The van der Waals surface area contributed by atoms with Crippen LogP contribution in [0, 0.1) is 20.8 Å². The largest absolute Gasteiger partial charge is 0.324 e. The lowest BCUT2D eigenvalue weighted by Gasteiger charge is -2.24. The molecule has 132 valence electrons. The summed E-state index contributed by atoms with van der Waals surface area (Å²) in [5.74, 6) is -0.343. The molecule has 0 bridgehead atoms. The topological polar surface area (TPSA) is 49.4 Å². The molecule has 2 aromatic carbocycles. The summed E-state index contributed by atoms with van der Waals surface area (Å²) in [5, 5.41) is 2.99. The van der Waals surface area contributed by atoms with Crippen molar-refractivity contribution in [3.63, 3.8) is 0 Å². The first-order chi connectivity index (χ1) is 11.8. The lowest BCUT2D eigenvalue weighted by Crippen LogP contribution is -2.37. The van der Waals surface area contributed by atoms with Crippen molar-refractivity contribution in [3.8, 4) is 0 Å². The van der Waals surface area contributed by atoms with Gasteiger partial charge in [0.2, 0.25) is 11.8 Å². The molecule has 1 N–H and O–H groups in total. The van der Waals surface area contributed by atoms with Gasteiger partial charge in [-0.1, -0.05) is 37.3 Å². The Labute approximate surface area is 149 Å². The van der Waals surface area contributed by atoms with Crippen LogP contribution in [-0.4, -0.2) is 18.4 Å². The minimum atomic E-state index is -0.194. The summed E-state index contributed by atoms with van der Waals surface area (Å²) < 4.78 is 0. The highest BCUT2D eigenvalue weighted by Crippen LogP contribution is 2.24. The highest BCUT2D eigenvalue weighted by Gasteiger charge is 2.19. The number of amides is 2. The highest BCUT2D eigenvalue weighted by molar-refractivity contribution is 6.02. The van der Waals surface area contributed by atoms with Crippen LogP contribution in [0.1, 0.15) is 36.1 Å². The van der Waals surface area contributed by atoms with E-state index in [1.165, 1.54) is 11.8 Å². The van der Waals surface area contributed by atoms with Gasteiger partial charge >= 0.3 is 0 Å². The molecule has 0 heterocycles. The summed E-state index contributed by atoms with van der Waals surface area (Å²) in [5.41, 5.74) is 5.85. The molecule has 2 aromatic rings. The third-order valence-corrected chi connectivity index (χ3v) is 4.55. The minimum Gasteiger partial charge on any atom is -0.324 e. The molecule has 4 nitrogen and oxygen atoms in total. The Morgan fingerprint density at radius 2 is 1.64 bits per heavy atom. The first-order valence-corrected chi connectivity index (χ1v) is 8.57. The van der Waals surface area contributed by atoms with Crippen molar-refractivity contribution in [2.45, 2.75) is 41.0 Å². The molecule has 0 aromatic heterocycles. The van der Waals surface area contributed by atoms with Crippen molar-refractivity contribution >= 4 is 23.2 Å². The Kier molecular flexibility index (Phi) is 5.97. The van der Waals surface area contributed by atoms with Gasteiger partial charge in [0.1, 0.15) is 6.54 Å². The van der Waals surface area contributed by atoms with Crippen LogP contribution in [0.15, 0.2) is 36.4 Å². The van der Waals surface area contributed by atoms with Crippen LogP contribution in [0.25, 0.3) is 0 Å². The quantitative estimate of drug-likeness (QED) is 0.889. The van der Waals surface area contributed by atoms with Gasteiger partial charge in [-0.25, -0.2) is 0 Å². The number of carbonyl (C=O) groups is 2. The van der Waals surface area contributed by atoms with Crippen molar-refractivity contribution in [3.05, 3.63) is 58.7 Å². The van der Waals surface area contributed by atoms with Gasteiger partial charge in [0.25, 0.3) is 0 Å². The SMILES string of the molecule is CCc1cccc(C)c1NC(=O)CN(C(C)=O)c1cccc(C)c1C. The van der Waals surface area contributed by atoms with Crippen molar-refractivity contribution in [1.29, 1.82) is 0 Å². The first-order valence-electron chi connectivity index (χ1n) is 8.57. The summed E-state index contributed by atoms with van der Waals surface area (Å²) in [7, 11) is 0. The molecule has 2 amide bonds. The summed E-state index contributed by atoms with van der Waals surface area (Å²) in [6.07, 6.45) is 0.838. The monoisotopic (exact) mass is 338 g/mol. The van der Waals surface area contributed by atoms with Crippen LogP contribution in [-0.2, 0) is 16.0 Å². The second-order valence-corrected chi connectivity index (χ2v) is 6.33. The van der Waals surface area contributed by atoms with E-state index in [9.17, 15) is 9.59 Å². The maximum absolute atomic E-state index is 12.6. The van der Waals surface area contributed by atoms with Gasteiger partial charge in [-0.15, -0.1) is 0 Å². The predicted molar refractivity (Wildman–Crippen MR) is 103 cm³/mol. The first kappa shape index (κ1) is 18.7. The molecule has 0 aliphatic carbocycles. The second-order valence-electron chi connectivity index (χ2n) is 6.33. The maximum Gasteiger partial charge on any atom is 0.244 e. The lowest BCUT2D eigenvalue weighted by atomic mass is 10.1. The number of para-hydroxylation sites is 1. The van der Waals surface area contributed by atoms with Crippen LogP contribution in [0.4, 0.5) is 11.4 Å². The molecule has 0 aliphatic rings. The van der Waals surface area contributed by atoms with Gasteiger partial charge in [-0.2, -0.15) is 0 Å². The number of hydrogen-bond acceptors (Lipinski definition) is 2. The lowest BCUT2D eigenvalue weighted by molar-refractivity contribution is -0.120. The molecule has 25 heavy (non-hydrogen) atoms. The van der Waals surface area contributed by atoms with E-state index >= 15 is 0 Å². The summed E-state index contributed by atoms with van der Waals surface area (Å²) in [6.45, 7) is 9.48. The number of nitrogens with zero attached hydrogens (tertiary/aromatic N) is 1. The van der Waals surface area contributed by atoms with E-state index in [0.29, 0.717) is 0 Å². The number of carbonyl (C=O) groups excluding carboxylic acids is 2. The van der Waals surface area contributed by atoms with E-state index in [-0.39, 0.29) is 18.4 Å². The van der Waals surface area contributed by atoms with E-state index < -0.39 is 0 Å². The summed E-state index contributed by atoms with van der Waals surface area (Å²) in [4.78, 5) is 26.3. The number of benzene rings is 2.